The van der Waals surface area contributed by atoms with Gasteiger partial charge in [0.25, 0.3) is 0 Å². The molecule has 3 nitrogen and oxygen atoms in total. The van der Waals surface area contributed by atoms with Gasteiger partial charge in [-0.2, -0.15) is 18.4 Å². The zero-order valence-electron chi connectivity index (χ0n) is 9.84. The Hall–Kier alpha value is -1.30. The third-order valence-electron chi connectivity index (χ3n) is 2.25. The highest BCUT2D eigenvalue weighted by Crippen LogP contribution is 2.34. The van der Waals surface area contributed by atoms with Crippen LogP contribution in [-0.4, -0.2) is 12.6 Å². The van der Waals surface area contributed by atoms with Crippen molar-refractivity contribution in [2.45, 2.75) is 19.5 Å². The molecule has 0 heterocycles. The fourth-order valence-corrected chi connectivity index (χ4v) is 2.11. The van der Waals surface area contributed by atoms with Crippen molar-refractivity contribution >= 4 is 28.6 Å². The Morgan fingerprint density at radius 3 is 2.58 bits per heavy atom. The van der Waals surface area contributed by atoms with Gasteiger partial charge in [0, 0.05) is 3.57 Å². The molecule has 0 spiro atoms. The molecule has 0 bridgehead atoms. The summed E-state index contributed by atoms with van der Waals surface area (Å²) in [6.45, 7) is 1.78. The Morgan fingerprint density at radius 1 is 1.47 bits per heavy atom. The molecule has 0 aliphatic heterocycles. The Morgan fingerprint density at radius 2 is 2.11 bits per heavy atom. The number of carbonyl (C=O) groups excluding carboxylic acids is 1. The summed E-state index contributed by atoms with van der Waals surface area (Å²) in [6, 6.07) is 3.46. The topological polar surface area (TPSA) is 50.1 Å². The highest BCUT2D eigenvalue weighted by atomic mass is 127. The second kappa shape index (κ2) is 6.23. The predicted octanol–water partition coefficient (Wildman–Crippen LogP) is 3.29. The Labute approximate surface area is 121 Å². The van der Waals surface area contributed by atoms with E-state index in [1.165, 1.54) is 6.07 Å². The van der Waals surface area contributed by atoms with Crippen LogP contribution in [0.15, 0.2) is 12.1 Å². The van der Waals surface area contributed by atoms with Gasteiger partial charge >= 0.3 is 12.1 Å². The fourth-order valence-electron chi connectivity index (χ4n) is 1.45. The molecular formula is C12H9F3INO2. The standard InChI is InChI=1S/C12H9F3INO2/c1-2-19-11(18)5-7-3-9(12(13,14)15)8(6-17)4-10(7)16/h3-4H,2,5H2,1H3. The molecule has 0 saturated heterocycles. The molecule has 1 rings (SSSR count). The molecule has 0 amide bonds. The van der Waals surface area contributed by atoms with E-state index in [2.05, 4.69) is 0 Å². The molecule has 0 unspecified atom stereocenters. The molecule has 0 fully saturated rings. The molecular weight excluding hydrogens is 374 g/mol. The summed E-state index contributed by atoms with van der Waals surface area (Å²) in [5.41, 5.74) is -1.29. The lowest BCUT2D eigenvalue weighted by Crippen LogP contribution is -2.13. The van der Waals surface area contributed by atoms with E-state index >= 15 is 0 Å². The quantitative estimate of drug-likeness (QED) is 0.595. The number of nitrogens with zero attached hydrogens (tertiary/aromatic N) is 1. The number of carbonyl (C=O) groups is 1. The molecule has 0 aromatic heterocycles. The number of halogens is 4. The van der Waals surface area contributed by atoms with Crippen LogP contribution in [0.4, 0.5) is 13.2 Å². The summed E-state index contributed by atoms with van der Waals surface area (Å²) in [5, 5.41) is 8.72. The number of hydrogen-bond donors (Lipinski definition) is 0. The van der Waals surface area contributed by atoms with Crippen LogP contribution in [0, 0.1) is 14.9 Å². The Kier molecular flexibility index (Phi) is 5.17. The van der Waals surface area contributed by atoms with E-state index in [0.717, 1.165) is 12.1 Å². The lowest BCUT2D eigenvalue weighted by molar-refractivity contribution is -0.142. The molecule has 0 N–H and O–H groups in total. The van der Waals surface area contributed by atoms with Crippen molar-refractivity contribution in [1.82, 2.24) is 0 Å². The summed E-state index contributed by atoms with van der Waals surface area (Å²) in [6.07, 6.45) is -4.88. The van der Waals surface area contributed by atoms with Crippen LogP contribution in [0.2, 0.25) is 0 Å². The lowest BCUT2D eigenvalue weighted by atomic mass is 10.0. The van der Waals surface area contributed by atoms with Gasteiger partial charge in [-0.25, -0.2) is 0 Å². The van der Waals surface area contributed by atoms with Crippen molar-refractivity contribution in [3.63, 3.8) is 0 Å². The van der Waals surface area contributed by atoms with Gasteiger partial charge in [-0.3, -0.25) is 4.79 Å². The van der Waals surface area contributed by atoms with Crippen molar-refractivity contribution in [2.24, 2.45) is 0 Å². The first-order chi connectivity index (χ1) is 8.79. The third-order valence-corrected chi connectivity index (χ3v) is 3.26. The number of hydrogen-bond acceptors (Lipinski definition) is 3. The van der Waals surface area contributed by atoms with Crippen LogP contribution in [-0.2, 0) is 22.1 Å². The average Bonchev–Trinajstić information content (AvgIpc) is 2.30. The number of benzene rings is 1. The van der Waals surface area contributed by atoms with Gasteiger partial charge in [0.15, 0.2) is 0 Å². The Bertz CT molecular complexity index is 535. The number of rotatable bonds is 3. The minimum Gasteiger partial charge on any atom is -0.466 e. The summed E-state index contributed by atoms with van der Waals surface area (Å²) in [7, 11) is 0. The highest BCUT2D eigenvalue weighted by Gasteiger charge is 2.34. The summed E-state index contributed by atoms with van der Waals surface area (Å²) >= 11 is 1.79. The number of alkyl halides is 3. The molecule has 0 saturated carbocycles. The van der Waals surface area contributed by atoms with Gasteiger partial charge in [0.05, 0.1) is 30.2 Å². The maximum atomic E-state index is 12.8. The van der Waals surface area contributed by atoms with Gasteiger partial charge < -0.3 is 4.74 Å². The molecule has 0 radical (unpaired) electrons. The average molecular weight is 383 g/mol. The first kappa shape index (κ1) is 15.8. The third kappa shape index (κ3) is 4.09. The van der Waals surface area contributed by atoms with E-state index in [4.69, 9.17) is 10.00 Å². The highest BCUT2D eigenvalue weighted by molar-refractivity contribution is 14.1. The molecule has 0 aliphatic rings. The maximum Gasteiger partial charge on any atom is 0.417 e. The minimum absolute atomic E-state index is 0.165. The zero-order chi connectivity index (χ0) is 14.6. The molecule has 0 aliphatic carbocycles. The summed E-state index contributed by atoms with van der Waals surface area (Å²) < 4.78 is 43.4. The molecule has 102 valence electrons. The zero-order valence-corrected chi connectivity index (χ0v) is 12.0. The van der Waals surface area contributed by atoms with E-state index in [9.17, 15) is 18.0 Å². The van der Waals surface area contributed by atoms with Crippen LogP contribution in [0.25, 0.3) is 0 Å². The lowest BCUT2D eigenvalue weighted by Gasteiger charge is -2.12. The smallest absolute Gasteiger partial charge is 0.417 e. The summed E-state index contributed by atoms with van der Waals surface area (Å²) in [4.78, 5) is 11.3. The van der Waals surface area contributed by atoms with Crippen molar-refractivity contribution in [1.29, 1.82) is 5.26 Å². The molecule has 1 aromatic rings. The van der Waals surface area contributed by atoms with E-state index in [-0.39, 0.29) is 18.6 Å². The van der Waals surface area contributed by atoms with Gasteiger partial charge in [0.2, 0.25) is 0 Å². The van der Waals surface area contributed by atoms with E-state index in [1.54, 1.807) is 29.5 Å². The number of esters is 1. The van der Waals surface area contributed by atoms with Gasteiger partial charge in [-0.1, -0.05) is 0 Å². The van der Waals surface area contributed by atoms with Crippen LogP contribution >= 0.6 is 22.6 Å². The van der Waals surface area contributed by atoms with Crippen LogP contribution in [0.1, 0.15) is 23.6 Å². The molecule has 0 atom stereocenters. The molecule has 19 heavy (non-hydrogen) atoms. The van der Waals surface area contributed by atoms with E-state index < -0.39 is 23.3 Å². The largest absolute Gasteiger partial charge is 0.466 e. The SMILES string of the molecule is CCOC(=O)Cc1cc(C(F)(F)F)c(C#N)cc1I. The monoisotopic (exact) mass is 383 g/mol. The van der Waals surface area contributed by atoms with E-state index in [1.807, 2.05) is 0 Å². The first-order valence-electron chi connectivity index (χ1n) is 5.25. The second-order valence-corrected chi connectivity index (χ2v) is 4.74. The van der Waals surface area contributed by atoms with Crippen LogP contribution in [0.3, 0.4) is 0 Å². The molecule has 1 aromatic carbocycles. The van der Waals surface area contributed by atoms with Crippen molar-refractivity contribution in [2.75, 3.05) is 6.61 Å². The van der Waals surface area contributed by atoms with Crippen LogP contribution < -0.4 is 0 Å². The van der Waals surface area contributed by atoms with Crippen molar-refractivity contribution in [3.8, 4) is 6.07 Å². The normalized spacial score (nSPS) is 10.9. The Balaban J connectivity index is 3.21. The number of nitriles is 1. The first-order valence-corrected chi connectivity index (χ1v) is 6.32. The fraction of sp³-hybridized carbons (Fsp3) is 0.333. The molecule has 7 heteroatoms. The number of ether oxygens (including phenoxy) is 1. The minimum atomic E-state index is -4.63. The van der Waals surface area contributed by atoms with Gasteiger partial charge in [0.1, 0.15) is 0 Å². The second-order valence-electron chi connectivity index (χ2n) is 3.58. The van der Waals surface area contributed by atoms with Gasteiger partial charge in [-0.05, 0) is 47.2 Å². The van der Waals surface area contributed by atoms with Crippen LogP contribution in [0.5, 0.6) is 0 Å². The van der Waals surface area contributed by atoms with Crippen molar-refractivity contribution in [3.05, 3.63) is 32.4 Å². The maximum absolute atomic E-state index is 12.8. The van der Waals surface area contributed by atoms with E-state index in [0.29, 0.717) is 3.57 Å². The van der Waals surface area contributed by atoms with Crippen molar-refractivity contribution < 1.29 is 22.7 Å². The summed E-state index contributed by atoms with van der Waals surface area (Å²) in [5.74, 6) is -0.599. The van der Waals surface area contributed by atoms with Gasteiger partial charge in [-0.15, -0.1) is 0 Å². The predicted molar refractivity (Wildman–Crippen MR) is 69.2 cm³/mol.